The maximum Gasteiger partial charge on any atom is 0.415 e. The Balaban J connectivity index is 2.46. The summed E-state index contributed by atoms with van der Waals surface area (Å²) in [5.41, 5.74) is 0. The van der Waals surface area contributed by atoms with Gasteiger partial charge < -0.3 is 9.63 Å². The van der Waals surface area contributed by atoms with Crippen LogP contribution in [0, 0.1) is 0 Å². The molecule has 0 spiro atoms. The van der Waals surface area contributed by atoms with Crippen molar-refractivity contribution in [1.29, 1.82) is 0 Å². The van der Waals surface area contributed by atoms with E-state index in [0.717, 1.165) is 6.42 Å². The molecule has 1 heterocycles. The zero-order valence-electron chi connectivity index (χ0n) is 10.2. The lowest BCUT2D eigenvalue weighted by atomic mass is 10.3. The molecule has 0 aliphatic heterocycles. The standard InChI is InChI=1S/C10H16F3N3O2/c1-3-4-8-14-9(18-15-8)6-16(2)5-7(17)10(11,12)13/h7,17H,3-6H2,1-2H3. The summed E-state index contributed by atoms with van der Waals surface area (Å²) in [6.45, 7) is 1.50. The van der Waals surface area contributed by atoms with Gasteiger partial charge in [0.15, 0.2) is 11.9 Å². The molecular weight excluding hydrogens is 251 g/mol. The van der Waals surface area contributed by atoms with Crippen LogP contribution in [0.2, 0.25) is 0 Å². The summed E-state index contributed by atoms with van der Waals surface area (Å²) in [5, 5.41) is 12.6. The van der Waals surface area contributed by atoms with Crippen molar-refractivity contribution in [2.45, 2.75) is 38.6 Å². The molecule has 0 amide bonds. The Bertz CT molecular complexity index is 367. The minimum absolute atomic E-state index is 0.0733. The van der Waals surface area contributed by atoms with Crippen LogP contribution in [-0.2, 0) is 13.0 Å². The molecule has 5 nitrogen and oxygen atoms in total. The van der Waals surface area contributed by atoms with Gasteiger partial charge in [0.25, 0.3) is 0 Å². The molecular formula is C10H16F3N3O2. The molecule has 0 bridgehead atoms. The summed E-state index contributed by atoms with van der Waals surface area (Å²) in [7, 11) is 1.44. The molecule has 0 aliphatic rings. The minimum atomic E-state index is -4.61. The zero-order valence-corrected chi connectivity index (χ0v) is 10.2. The van der Waals surface area contributed by atoms with Crippen LogP contribution in [0.15, 0.2) is 4.52 Å². The molecule has 1 aromatic heterocycles. The number of hydrogen-bond acceptors (Lipinski definition) is 5. The fourth-order valence-corrected chi connectivity index (χ4v) is 1.37. The predicted octanol–water partition coefficient (Wildman–Crippen LogP) is 1.38. The fraction of sp³-hybridized carbons (Fsp3) is 0.800. The van der Waals surface area contributed by atoms with Crippen molar-refractivity contribution in [3.05, 3.63) is 11.7 Å². The Hall–Kier alpha value is -1.15. The first kappa shape index (κ1) is 14.9. The van der Waals surface area contributed by atoms with E-state index in [1.165, 1.54) is 11.9 Å². The lowest BCUT2D eigenvalue weighted by Gasteiger charge is -2.20. The number of aromatic nitrogens is 2. The first-order chi connectivity index (χ1) is 8.32. The molecule has 0 radical (unpaired) electrons. The Kier molecular flexibility index (Phi) is 5.09. The summed E-state index contributed by atoms with van der Waals surface area (Å²) in [5.74, 6) is 0.785. The van der Waals surface area contributed by atoms with E-state index >= 15 is 0 Å². The highest BCUT2D eigenvalue weighted by Gasteiger charge is 2.38. The number of aliphatic hydroxyl groups excluding tert-OH is 1. The van der Waals surface area contributed by atoms with Crippen LogP contribution in [0.3, 0.4) is 0 Å². The first-order valence-corrected chi connectivity index (χ1v) is 5.57. The summed E-state index contributed by atoms with van der Waals surface area (Å²) in [6, 6.07) is 0. The first-order valence-electron chi connectivity index (χ1n) is 5.57. The van der Waals surface area contributed by atoms with E-state index in [-0.39, 0.29) is 12.4 Å². The summed E-state index contributed by atoms with van der Waals surface area (Å²) in [4.78, 5) is 5.31. The van der Waals surface area contributed by atoms with E-state index in [1.54, 1.807) is 0 Å². The number of rotatable bonds is 6. The average Bonchev–Trinajstić information content (AvgIpc) is 2.64. The van der Waals surface area contributed by atoms with E-state index in [2.05, 4.69) is 10.1 Å². The molecule has 104 valence electrons. The highest BCUT2D eigenvalue weighted by atomic mass is 19.4. The number of aliphatic hydroxyl groups is 1. The molecule has 1 rings (SSSR count). The zero-order chi connectivity index (χ0) is 13.8. The number of halogens is 3. The SMILES string of the molecule is CCCc1noc(CN(C)CC(O)C(F)(F)F)n1. The molecule has 0 aromatic carbocycles. The average molecular weight is 267 g/mol. The van der Waals surface area contributed by atoms with Crippen LogP contribution in [-0.4, -0.2) is 46.0 Å². The van der Waals surface area contributed by atoms with Crippen molar-refractivity contribution < 1.29 is 22.8 Å². The molecule has 1 aromatic rings. The van der Waals surface area contributed by atoms with Crippen molar-refractivity contribution in [3.63, 3.8) is 0 Å². The Morgan fingerprint density at radius 2 is 2.11 bits per heavy atom. The topological polar surface area (TPSA) is 62.4 Å². The third-order valence-corrected chi connectivity index (χ3v) is 2.25. The van der Waals surface area contributed by atoms with Crippen molar-refractivity contribution in [2.24, 2.45) is 0 Å². The molecule has 18 heavy (non-hydrogen) atoms. The molecule has 1 unspecified atom stereocenters. The Morgan fingerprint density at radius 1 is 1.44 bits per heavy atom. The van der Waals surface area contributed by atoms with Gasteiger partial charge in [-0.2, -0.15) is 18.2 Å². The van der Waals surface area contributed by atoms with E-state index in [4.69, 9.17) is 9.63 Å². The summed E-state index contributed by atoms with van der Waals surface area (Å²) < 4.78 is 41.3. The Morgan fingerprint density at radius 3 is 2.67 bits per heavy atom. The summed E-state index contributed by atoms with van der Waals surface area (Å²) >= 11 is 0. The highest BCUT2D eigenvalue weighted by Crippen LogP contribution is 2.20. The van der Waals surface area contributed by atoms with Crippen LogP contribution in [0.1, 0.15) is 25.1 Å². The third kappa shape index (κ3) is 4.61. The minimum Gasteiger partial charge on any atom is -0.382 e. The highest BCUT2D eigenvalue weighted by molar-refractivity contribution is 4.86. The van der Waals surface area contributed by atoms with Crippen LogP contribution in [0.4, 0.5) is 13.2 Å². The van der Waals surface area contributed by atoms with Crippen molar-refractivity contribution in [2.75, 3.05) is 13.6 Å². The monoisotopic (exact) mass is 267 g/mol. The van der Waals surface area contributed by atoms with Crippen molar-refractivity contribution in [1.82, 2.24) is 15.0 Å². The smallest absolute Gasteiger partial charge is 0.382 e. The molecule has 0 saturated carbocycles. The van der Waals surface area contributed by atoms with E-state index in [1.807, 2.05) is 6.92 Å². The van der Waals surface area contributed by atoms with Gasteiger partial charge in [0, 0.05) is 13.0 Å². The lowest BCUT2D eigenvalue weighted by Crippen LogP contribution is -2.39. The quantitative estimate of drug-likeness (QED) is 0.843. The van der Waals surface area contributed by atoms with E-state index in [9.17, 15) is 13.2 Å². The van der Waals surface area contributed by atoms with Gasteiger partial charge in [-0.05, 0) is 13.5 Å². The predicted molar refractivity (Wildman–Crippen MR) is 56.7 cm³/mol. The normalized spacial score (nSPS) is 14.2. The van der Waals surface area contributed by atoms with Crippen molar-refractivity contribution >= 4 is 0 Å². The summed E-state index contributed by atoms with van der Waals surface area (Å²) in [6.07, 6.45) is -5.46. The number of hydrogen-bond donors (Lipinski definition) is 1. The van der Waals surface area contributed by atoms with Gasteiger partial charge in [-0.15, -0.1) is 0 Å². The number of alkyl halides is 3. The molecule has 0 fully saturated rings. The number of aryl methyl sites for hydroxylation is 1. The second-order valence-corrected chi connectivity index (χ2v) is 4.11. The van der Waals surface area contributed by atoms with Gasteiger partial charge in [-0.25, -0.2) is 0 Å². The van der Waals surface area contributed by atoms with E-state index in [0.29, 0.717) is 12.2 Å². The maximum atomic E-state index is 12.1. The van der Waals surface area contributed by atoms with Crippen molar-refractivity contribution in [3.8, 4) is 0 Å². The van der Waals surface area contributed by atoms with Crippen LogP contribution >= 0.6 is 0 Å². The van der Waals surface area contributed by atoms with E-state index < -0.39 is 18.8 Å². The Labute approximate surface area is 103 Å². The molecule has 0 aliphatic carbocycles. The van der Waals surface area contributed by atoms with Crippen LogP contribution in [0.25, 0.3) is 0 Å². The maximum absolute atomic E-state index is 12.1. The van der Waals surface area contributed by atoms with Gasteiger partial charge in [0.05, 0.1) is 6.54 Å². The molecule has 8 heteroatoms. The second kappa shape index (κ2) is 6.14. The van der Waals surface area contributed by atoms with Gasteiger partial charge in [0.2, 0.25) is 5.89 Å². The van der Waals surface area contributed by atoms with Crippen LogP contribution < -0.4 is 0 Å². The third-order valence-electron chi connectivity index (χ3n) is 2.25. The van der Waals surface area contributed by atoms with Crippen LogP contribution in [0.5, 0.6) is 0 Å². The molecule has 1 N–H and O–H groups in total. The van der Waals surface area contributed by atoms with Gasteiger partial charge in [-0.1, -0.05) is 12.1 Å². The number of nitrogens with zero attached hydrogens (tertiary/aromatic N) is 3. The van der Waals surface area contributed by atoms with Gasteiger partial charge >= 0.3 is 6.18 Å². The molecule has 1 atom stereocenters. The largest absolute Gasteiger partial charge is 0.415 e. The number of likely N-dealkylation sites (N-methyl/N-ethyl adjacent to an activating group) is 1. The lowest BCUT2D eigenvalue weighted by molar-refractivity contribution is -0.207. The van der Waals surface area contributed by atoms with Gasteiger partial charge in [-0.3, -0.25) is 4.90 Å². The molecule has 0 saturated heterocycles. The second-order valence-electron chi connectivity index (χ2n) is 4.11. The fourth-order valence-electron chi connectivity index (χ4n) is 1.37. The van der Waals surface area contributed by atoms with Gasteiger partial charge in [0.1, 0.15) is 0 Å².